The Labute approximate surface area is 139 Å². The lowest BCUT2D eigenvalue weighted by Gasteiger charge is -2.04. The Morgan fingerprint density at radius 3 is 2.58 bits per heavy atom. The lowest BCUT2D eigenvalue weighted by molar-refractivity contribution is 0.414. The monoisotopic (exact) mass is 319 g/mol. The van der Waals surface area contributed by atoms with Crippen LogP contribution in [-0.2, 0) is 13.5 Å². The molecule has 4 aromatic rings. The molecule has 0 aliphatic rings. The maximum absolute atomic E-state index is 5.20. The minimum Gasteiger partial charge on any atom is -0.497 e. The number of nitrogens with zero attached hydrogens (tertiary/aromatic N) is 5. The van der Waals surface area contributed by atoms with Gasteiger partial charge in [-0.3, -0.25) is 4.68 Å². The summed E-state index contributed by atoms with van der Waals surface area (Å²) < 4.78 is 8.87. The Kier molecular flexibility index (Phi) is 3.49. The van der Waals surface area contributed by atoms with Crippen molar-refractivity contribution in [2.75, 3.05) is 7.11 Å². The van der Waals surface area contributed by atoms with Crippen molar-refractivity contribution >= 4 is 5.65 Å². The summed E-state index contributed by atoms with van der Waals surface area (Å²) in [6.07, 6.45) is 6.40. The second-order valence-electron chi connectivity index (χ2n) is 5.67. The van der Waals surface area contributed by atoms with Gasteiger partial charge in [0.05, 0.1) is 30.9 Å². The Hall–Kier alpha value is -3.15. The van der Waals surface area contributed by atoms with Crippen LogP contribution < -0.4 is 4.74 Å². The fourth-order valence-electron chi connectivity index (χ4n) is 2.70. The number of benzene rings is 1. The standard InChI is InChI=1S/C18H17N5O/c1-22-12-14(10-20-22)17-7-8-18-19-11-15(23(18)21-17)9-13-3-5-16(24-2)6-4-13/h3-8,10-12H,9H2,1-2H3. The lowest BCUT2D eigenvalue weighted by Crippen LogP contribution is -2.00. The number of hydrogen-bond donors (Lipinski definition) is 0. The Morgan fingerprint density at radius 2 is 1.88 bits per heavy atom. The molecule has 4 rings (SSSR count). The summed E-state index contributed by atoms with van der Waals surface area (Å²) in [6.45, 7) is 0. The second kappa shape index (κ2) is 5.81. The first kappa shape index (κ1) is 14.4. The van der Waals surface area contributed by atoms with Crippen molar-refractivity contribution in [2.45, 2.75) is 6.42 Å². The summed E-state index contributed by atoms with van der Waals surface area (Å²) in [5.41, 5.74) is 4.94. The van der Waals surface area contributed by atoms with Crippen LogP contribution in [0.3, 0.4) is 0 Å². The predicted molar refractivity (Wildman–Crippen MR) is 91.0 cm³/mol. The highest BCUT2D eigenvalue weighted by molar-refractivity contribution is 5.58. The molecule has 120 valence electrons. The number of methoxy groups -OCH3 is 1. The molecular formula is C18H17N5O. The molecule has 0 spiro atoms. The van der Waals surface area contributed by atoms with E-state index in [1.807, 2.05) is 54.4 Å². The molecule has 3 aromatic heterocycles. The molecule has 0 unspecified atom stereocenters. The average molecular weight is 319 g/mol. The molecule has 0 aliphatic heterocycles. The summed E-state index contributed by atoms with van der Waals surface area (Å²) in [5, 5.41) is 8.93. The molecule has 24 heavy (non-hydrogen) atoms. The third-order valence-corrected chi connectivity index (χ3v) is 3.98. The first-order chi connectivity index (χ1) is 11.7. The van der Waals surface area contributed by atoms with Gasteiger partial charge in [-0.1, -0.05) is 12.1 Å². The van der Waals surface area contributed by atoms with Crippen LogP contribution in [0.1, 0.15) is 11.3 Å². The Balaban J connectivity index is 1.70. The van der Waals surface area contributed by atoms with E-state index in [1.165, 1.54) is 5.56 Å². The quantitative estimate of drug-likeness (QED) is 0.580. The number of imidazole rings is 1. The van der Waals surface area contributed by atoms with E-state index in [4.69, 9.17) is 9.84 Å². The SMILES string of the molecule is COc1ccc(Cc2cnc3ccc(-c4cnn(C)c4)nn23)cc1. The molecule has 0 amide bonds. The molecule has 0 N–H and O–H groups in total. The summed E-state index contributed by atoms with van der Waals surface area (Å²) >= 11 is 0. The van der Waals surface area contributed by atoms with Crippen molar-refractivity contribution in [2.24, 2.45) is 7.05 Å². The molecular weight excluding hydrogens is 302 g/mol. The van der Waals surface area contributed by atoms with E-state index in [-0.39, 0.29) is 0 Å². The zero-order valence-corrected chi connectivity index (χ0v) is 13.5. The van der Waals surface area contributed by atoms with E-state index in [0.717, 1.165) is 34.8 Å². The summed E-state index contributed by atoms with van der Waals surface area (Å²) in [7, 11) is 3.57. The fourth-order valence-corrected chi connectivity index (χ4v) is 2.70. The van der Waals surface area contributed by atoms with E-state index in [2.05, 4.69) is 22.2 Å². The normalized spacial score (nSPS) is 11.1. The molecule has 1 aromatic carbocycles. The summed E-state index contributed by atoms with van der Waals surface area (Å²) in [6, 6.07) is 12.0. The lowest BCUT2D eigenvalue weighted by atomic mass is 10.1. The summed E-state index contributed by atoms with van der Waals surface area (Å²) in [4.78, 5) is 4.44. The van der Waals surface area contributed by atoms with Crippen LogP contribution in [0.15, 0.2) is 55.0 Å². The average Bonchev–Trinajstić information content (AvgIpc) is 3.22. The van der Waals surface area contributed by atoms with Gasteiger partial charge < -0.3 is 4.74 Å². The van der Waals surface area contributed by atoms with Crippen LogP contribution in [0.5, 0.6) is 5.75 Å². The topological polar surface area (TPSA) is 57.2 Å². The first-order valence-electron chi connectivity index (χ1n) is 7.68. The molecule has 0 saturated heterocycles. The number of ether oxygens (including phenoxy) is 1. The zero-order chi connectivity index (χ0) is 16.5. The van der Waals surface area contributed by atoms with Gasteiger partial charge in [0.15, 0.2) is 5.65 Å². The molecule has 0 saturated carbocycles. The highest BCUT2D eigenvalue weighted by atomic mass is 16.5. The van der Waals surface area contributed by atoms with Crippen LogP contribution in [0, 0.1) is 0 Å². The van der Waals surface area contributed by atoms with Crippen LogP contribution in [-0.4, -0.2) is 31.5 Å². The van der Waals surface area contributed by atoms with E-state index in [0.29, 0.717) is 0 Å². The van der Waals surface area contributed by atoms with E-state index < -0.39 is 0 Å². The van der Waals surface area contributed by atoms with Gasteiger partial charge in [0.2, 0.25) is 0 Å². The number of rotatable bonds is 4. The number of aryl methyl sites for hydroxylation is 1. The van der Waals surface area contributed by atoms with Gasteiger partial charge >= 0.3 is 0 Å². The van der Waals surface area contributed by atoms with Gasteiger partial charge in [-0.15, -0.1) is 0 Å². The smallest absolute Gasteiger partial charge is 0.153 e. The fraction of sp³-hybridized carbons (Fsp3) is 0.167. The Bertz CT molecular complexity index is 984. The Morgan fingerprint density at radius 1 is 1.04 bits per heavy atom. The van der Waals surface area contributed by atoms with Crippen molar-refractivity contribution in [1.29, 1.82) is 0 Å². The van der Waals surface area contributed by atoms with Crippen molar-refractivity contribution in [3.63, 3.8) is 0 Å². The zero-order valence-electron chi connectivity index (χ0n) is 13.5. The number of hydrogen-bond acceptors (Lipinski definition) is 4. The third kappa shape index (κ3) is 2.62. The third-order valence-electron chi connectivity index (χ3n) is 3.98. The molecule has 0 radical (unpaired) electrons. The van der Waals surface area contributed by atoms with E-state index >= 15 is 0 Å². The second-order valence-corrected chi connectivity index (χ2v) is 5.67. The molecule has 0 bridgehead atoms. The van der Waals surface area contributed by atoms with Crippen LogP contribution in [0.25, 0.3) is 16.9 Å². The minimum absolute atomic E-state index is 0.759. The van der Waals surface area contributed by atoms with Crippen molar-refractivity contribution < 1.29 is 4.74 Å². The maximum atomic E-state index is 5.20. The van der Waals surface area contributed by atoms with Gasteiger partial charge in [0.1, 0.15) is 5.75 Å². The van der Waals surface area contributed by atoms with Gasteiger partial charge in [0, 0.05) is 25.2 Å². The van der Waals surface area contributed by atoms with Gasteiger partial charge in [-0.25, -0.2) is 9.50 Å². The van der Waals surface area contributed by atoms with Gasteiger partial charge in [-0.05, 0) is 29.8 Å². The molecule has 0 aliphatic carbocycles. The molecule has 0 fully saturated rings. The van der Waals surface area contributed by atoms with Crippen LogP contribution >= 0.6 is 0 Å². The molecule has 6 nitrogen and oxygen atoms in total. The van der Waals surface area contributed by atoms with Gasteiger partial charge in [-0.2, -0.15) is 10.2 Å². The van der Waals surface area contributed by atoms with Crippen molar-refractivity contribution in [3.8, 4) is 17.0 Å². The predicted octanol–water partition coefficient (Wildman–Crippen LogP) is 2.73. The van der Waals surface area contributed by atoms with Crippen LogP contribution in [0.2, 0.25) is 0 Å². The minimum atomic E-state index is 0.759. The van der Waals surface area contributed by atoms with Crippen molar-refractivity contribution in [1.82, 2.24) is 24.4 Å². The summed E-state index contributed by atoms with van der Waals surface area (Å²) in [5.74, 6) is 0.855. The maximum Gasteiger partial charge on any atom is 0.153 e. The van der Waals surface area contributed by atoms with E-state index in [1.54, 1.807) is 11.8 Å². The van der Waals surface area contributed by atoms with Gasteiger partial charge in [0.25, 0.3) is 0 Å². The van der Waals surface area contributed by atoms with E-state index in [9.17, 15) is 0 Å². The van der Waals surface area contributed by atoms with Crippen molar-refractivity contribution in [3.05, 3.63) is 66.2 Å². The highest BCUT2D eigenvalue weighted by Crippen LogP contribution is 2.19. The highest BCUT2D eigenvalue weighted by Gasteiger charge is 2.09. The number of fused-ring (bicyclic) bond motifs is 1. The van der Waals surface area contributed by atoms with Crippen LogP contribution in [0.4, 0.5) is 0 Å². The first-order valence-corrected chi connectivity index (χ1v) is 7.68. The molecule has 6 heteroatoms. The number of aromatic nitrogens is 5. The molecule has 3 heterocycles. The largest absolute Gasteiger partial charge is 0.497 e. The molecule has 0 atom stereocenters.